The zero-order valence-electron chi connectivity index (χ0n) is 9.17. The van der Waals surface area contributed by atoms with Crippen molar-refractivity contribution in [2.75, 3.05) is 26.0 Å². The summed E-state index contributed by atoms with van der Waals surface area (Å²) in [5.41, 5.74) is 4.17. The predicted octanol–water partition coefficient (Wildman–Crippen LogP) is 1.89. The second-order valence-electron chi connectivity index (χ2n) is 4.31. The number of benzene rings is 1. The van der Waals surface area contributed by atoms with Crippen molar-refractivity contribution in [3.05, 3.63) is 29.3 Å². The first kappa shape index (κ1) is 9.53. The molecule has 1 heterocycles. The van der Waals surface area contributed by atoms with Gasteiger partial charge in [0, 0.05) is 18.3 Å². The van der Waals surface area contributed by atoms with Gasteiger partial charge in [-0.1, -0.05) is 18.2 Å². The molecule has 1 N–H and O–H groups in total. The van der Waals surface area contributed by atoms with E-state index in [-0.39, 0.29) is 0 Å². The Morgan fingerprint density at radius 1 is 1.36 bits per heavy atom. The van der Waals surface area contributed by atoms with Gasteiger partial charge in [0.15, 0.2) is 0 Å². The second kappa shape index (κ2) is 3.62. The molecule has 2 heteroatoms. The van der Waals surface area contributed by atoms with Gasteiger partial charge < -0.3 is 10.2 Å². The molecule has 0 aromatic heterocycles. The van der Waals surface area contributed by atoms with Crippen LogP contribution in [0.4, 0.5) is 5.69 Å². The zero-order valence-corrected chi connectivity index (χ0v) is 9.17. The Bertz CT molecular complexity index is 331. The SMILES string of the molecule is Cc1cccc2c1NCC(N(C)C)C2. The highest BCUT2D eigenvalue weighted by Gasteiger charge is 2.20. The molecule has 14 heavy (non-hydrogen) atoms. The number of aryl methyl sites for hydroxylation is 1. The fourth-order valence-corrected chi connectivity index (χ4v) is 2.06. The van der Waals surface area contributed by atoms with Gasteiger partial charge >= 0.3 is 0 Å². The van der Waals surface area contributed by atoms with E-state index in [0.29, 0.717) is 6.04 Å². The van der Waals surface area contributed by atoms with Gasteiger partial charge in [0.25, 0.3) is 0 Å². The smallest absolute Gasteiger partial charge is 0.0403 e. The molecule has 0 amide bonds. The highest BCUT2D eigenvalue weighted by atomic mass is 15.1. The van der Waals surface area contributed by atoms with Crippen LogP contribution in [0.15, 0.2) is 18.2 Å². The Morgan fingerprint density at radius 3 is 2.86 bits per heavy atom. The Labute approximate surface area is 85.9 Å². The van der Waals surface area contributed by atoms with Crippen molar-refractivity contribution in [3.63, 3.8) is 0 Å². The largest absolute Gasteiger partial charge is 0.383 e. The van der Waals surface area contributed by atoms with E-state index in [9.17, 15) is 0 Å². The van der Waals surface area contributed by atoms with E-state index in [4.69, 9.17) is 0 Å². The average molecular weight is 190 g/mol. The van der Waals surface area contributed by atoms with Gasteiger partial charge in [0.1, 0.15) is 0 Å². The van der Waals surface area contributed by atoms with Crippen LogP contribution >= 0.6 is 0 Å². The fraction of sp³-hybridized carbons (Fsp3) is 0.500. The van der Waals surface area contributed by atoms with Crippen LogP contribution in [0, 0.1) is 6.92 Å². The molecule has 1 unspecified atom stereocenters. The molecule has 0 saturated carbocycles. The lowest BCUT2D eigenvalue weighted by atomic mass is 9.96. The fourth-order valence-electron chi connectivity index (χ4n) is 2.06. The molecule has 0 bridgehead atoms. The number of nitrogens with one attached hydrogen (secondary N) is 1. The summed E-state index contributed by atoms with van der Waals surface area (Å²) in [7, 11) is 4.29. The molecule has 76 valence electrons. The normalized spacial score (nSPS) is 20.4. The topological polar surface area (TPSA) is 15.3 Å². The van der Waals surface area contributed by atoms with E-state index >= 15 is 0 Å². The van der Waals surface area contributed by atoms with Crippen LogP contribution in [0.3, 0.4) is 0 Å². The van der Waals surface area contributed by atoms with Crippen LogP contribution in [0.25, 0.3) is 0 Å². The summed E-state index contributed by atoms with van der Waals surface area (Å²) in [6, 6.07) is 7.17. The molecule has 0 aliphatic carbocycles. The number of anilines is 1. The van der Waals surface area contributed by atoms with Gasteiger partial charge in [-0.2, -0.15) is 0 Å². The molecule has 2 rings (SSSR count). The molecule has 1 atom stereocenters. The first-order chi connectivity index (χ1) is 6.68. The lowest BCUT2D eigenvalue weighted by Crippen LogP contribution is -2.39. The number of para-hydroxylation sites is 1. The predicted molar refractivity (Wildman–Crippen MR) is 60.8 cm³/mol. The summed E-state index contributed by atoms with van der Waals surface area (Å²) in [4.78, 5) is 2.29. The van der Waals surface area contributed by atoms with Crippen LogP contribution in [-0.2, 0) is 6.42 Å². The quantitative estimate of drug-likeness (QED) is 0.727. The minimum atomic E-state index is 0.629. The Balaban J connectivity index is 2.27. The standard InChI is InChI=1S/C12H18N2/c1-9-5-4-6-10-7-11(14(2)3)8-13-12(9)10/h4-6,11,13H,7-8H2,1-3H3. The van der Waals surface area contributed by atoms with Crippen LogP contribution in [0.5, 0.6) is 0 Å². The van der Waals surface area contributed by atoms with Crippen LogP contribution < -0.4 is 5.32 Å². The second-order valence-corrected chi connectivity index (χ2v) is 4.31. The molecule has 1 aromatic carbocycles. The van der Waals surface area contributed by atoms with Gasteiger partial charge in [0.2, 0.25) is 0 Å². The first-order valence-corrected chi connectivity index (χ1v) is 5.17. The van der Waals surface area contributed by atoms with Crippen LogP contribution in [0.2, 0.25) is 0 Å². The summed E-state index contributed by atoms with van der Waals surface area (Å²) in [5.74, 6) is 0. The maximum atomic E-state index is 3.52. The van der Waals surface area contributed by atoms with Gasteiger partial charge in [-0.05, 0) is 38.6 Å². The molecule has 0 saturated heterocycles. The summed E-state index contributed by atoms with van der Waals surface area (Å²) >= 11 is 0. The van der Waals surface area contributed by atoms with E-state index in [1.165, 1.54) is 16.8 Å². The maximum absolute atomic E-state index is 3.52. The number of nitrogens with zero attached hydrogens (tertiary/aromatic N) is 1. The Morgan fingerprint density at radius 2 is 2.14 bits per heavy atom. The third kappa shape index (κ3) is 1.62. The summed E-state index contributed by atoms with van der Waals surface area (Å²) in [5, 5.41) is 3.52. The summed E-state index contributed by atoms with van der Waals surface area (Å²) < 4.78 is 0. The third-order valence-electron chi connectivity index (χ3n) is 3.06. The number of likely N-dealkylation sites (N-methyl/N-ethyl adjacent to an activating group) is 1. The molecule has 1 aliphatic heterocycles. The number of rotatable bonds is 1. The van der Waals surface area contributed by atoms with Crippen molar-refractivity contribution in [1.29, 1.82) is 0 Å². The summed E-state index contributed by atoms with van der Waals surface area (Å²) in [6.45, 7) is 3.23. The van der Waals surface area contributed by atoms with Crippen molar-refractivity contribution in [3.8, 4) is 0 Å². The van der Waals surface area contributed by atoms with Gasteiger partial charge in [0.05, 0.1) is 0 Å². The highest BCUT2D eigenvalue weighted by Crippen LogP contribution is 2.26. The van der Waals surface area contributed by atoms with E-state index in [1.807, 2.05) is 0 Å². The van der Waals surface area contributed by atoms with Crippen molar-refractivity contribution in [2.45, 2.75) is 19.4 Å². The molecular formula is C12H18N2. The Hall–Kier alpha value is -1.02. The molecule has 1 aliphatic rings. The number of hydrogen-bond donors (Lipinski definition) is 1. The van der Waals surface area contributed by atoms with E-state index in [1.54, 1.807) is 0 Å². The lowest BCUT2D eigenvalue weighted by molar-refractivity contribution is 0.299. The molecule has 2 nitrogen and oxygen atoms in total. The number of hydrogen-bond acceptors (Lipinski definition) is 2. The molecular weight excluding hydrogens is 172 g/mol. The van der Waals surface area contributed by atoms with Crippen LogP contribution in [0.1, 0.15) is 11.1 Å². The lowest BCUT2D eigenvalue weighted by Gasteiger charge is -2.31. The first-order valence-electron chi connectivity index (χ1n) is 5.17. The van der Waals surface area contributed by atoms with E-state index < -0.39 is 0 Å². The van der Waals surface area contributed by atoms with Crippen LogP contribution in [-0.4, -0.2) is 31.6 Å². The molecule has 0 fully saturated rings. The minimum Gasteiger partial charge on any atom is -0.383 e. The molecule has 0 spiro atoms. The van der Waals surface area contributed by atoms with E-state index in [0.717, 1.165) is 13.0 Å². The maximum Gasteiger partial charge on any atom is 0.0403 e. The third-order valence-corrected chi connectivity index (χ3v) is 3.06. The molecule has 0 radical (unpaired) electrons. The van der Waals surface area contributed by atoms with E-state index in [2.05, 4.69) is 49.4 Å². The van der Waals surface area contributed by atoms with Crippen molar-refractivity contribution in [2.24, 2.45) is 0 Å². The zero-order chi connectivity index (χ0) is 10.1. The Kier molecular flexibility index (Phi) is 2.46. The van der Waals surface area contributed by atoms with Crippen molar-refractivity contribution >= 4 is 5.69 Å². The highest BCUT2D eigenvalue weighted by molar-refractivity contribution is 5.59. The molecule has 1 aromatic rings. The van der Waals surface area contributed by atoms with Crippen molar-refractivity contribution in [1.82, 2.24) is 4.90 Å². The minimum absolute atomic E-state index is 0.629. The van der Waals surface area contributed by atoms with Gasteiger partial charge in [-0.3, -0.25) is 0 Å². The monoisotopic (exact) mass is 190 g/mol. The average Bonchev–Trinajstić information content (AvgIpc) is 2.17. The van der Waals surface area contributed by atoms with Crippen molar-refractivity contribution < 1.29 is 0 Å². The van der Waals surface area contributed by atoms with Gasteiger partial charge in [-0.25, -0.2) is 0 Å². The number of fused-ring (bicyclic) bond motifs is 1. The van der Waals surface area contributed by atoms with Gasteiger partial charge in [-0.15, -0.1) is 0 Å². The summed E-state index contributed by atoms with van der Waals surface area (Å²) in [6.07, 6.45) is 1.16.